The second-order valence-electron chi connectivity index (χ2n) is 5.04. The number of hydrogen-bond donors (Lipinski definition) is 1. The number of fused-ring (bicyclic) bond motifs is 1. The third-order valence-corrected chi connectivity index (χ3v) is 3.64. The molecule has 0 aromatic heterocycles. The van der Waals surface area contributed by atoms with Crippen molar-refractivity contribution in [2.24, 2.45) is 0 Å². The van der Waals surface area contributed by atoms with Gasteiger partial charge >= 0.3 is 0 Å². The molecular weight excluding hydrogens is 222 g/mol. The summed E-state index contributed by atoms with van der Waals surface area (Å²) in [7, 11) is 0. The van der Waals surface area contributed by atoms with Gasteiger partial charge in [0.05, 0.1) is 6.61 Å². The van der Waals surface area contributed by atoms with Gasteiger partial charge in [-0.2, -0.15) is 0 Å². The molecule has 0 spiro atoms. The van der Waals surface area contributed by atoms with Crippen molar-refractivity contribution in [2.75, 3.05) is 13.2 Å². The van der Waals surface area contributed by atoms with Crippen molar-refractivity contribution >= 4 is 0 Å². The first-order valence-electron chi connectivity index (χ1n) is 7.34. The van der Waals surface area contributed by atoms with E-state index in [1.807, 2.05) is 0 Å². The summed E-state index contributed by atoms with van der Waals surface area (Å²) in [5, 5.41) is 3.60. The smallest absolute Gasteiger partial charge is 0.127 e. The Morgan fingerprint density at radius 2 is 2.22 bits per heavy atom. The van der Waals surface area contributed by atoms with Crippen molar-refractivity contribution in [3.63, 3.8) is 0 Å². The quantitative estimate of drug-likeness (QED) is 0.824. The van der Waals surface area contributed by atoms with Crippen molar-refractivity contribution in [3.8, 4) is 5.75 Å². The molecule has 1 atom stereocenters. The zero-order valence-electron chi connectivity index (χ0n) is 11.7. The highest BCUT2D eigenvalue weighted by Crippen LogP contribution is 2.34. The average molecular weight is 247 g/mol. The lowest BCUT2D eigenvalue weighted by Gasteiger charge is -2.25. The maximum absolute atomic E-state index is 5.92. The molecule has 100 valence electrons. The molecule has 1 N–H and O–H groups in total. The number of ether oxygens (including phenoxy) is 1. The van der Waals surface area contributed by atoms with Crippen molar-refractivity contribution in [1.82, 2.24) is 5.32 Å². The number of benzene rings is 1. The monoisotopic (exact) mass is 247 g/mol. The number of hydrogen-bond acceptors (Lipinski definition) is 2. The topological polar surface area (TPSA) is 21.3 Å². The molecule has 1 unspecified atom stereocenters. The van der Waals surface area contributed by atoms with Crippen molar-refractivity contribution in [1.29, 1.82) is 0 Å². The number of para-hydroxylation sites is 1. The van der Waals surface area contributed by atoms with Crippen LogP contribution in [0.25, 0.3) is 0 Å². The van der Waals surface area contributed by atoms with E-state index >= 15 is 0 Å². The molecule has 1 aliphatic heterocycles. The first-order valence-corrected chi connectivity index (χ1v) is 7.34. The SMILES string of the molecule is CCCCC(NCC)c1cccc2c1OCCC2. The highest BCUT2D eigenvalue weighted by molar-refractivity contribution is 5.44. The van der Waals surface area contributed by atoms with Gasteiger partial charge in [0.25, 0.3) is 0 Å². The van der Waals surface area contributed by atoms with Gasteiger partial charge in [-0.05, 0) is 31.4 Å². The van der Waals surface area contributed by atoms with Gasteiger partial charge in [0.2, 0.25) is 0 Å². The standard InChI is InChI=1S/C16H25NO/c1-3-5-11-15(17-4-2)14-10-6-8-13-9-7-12-18-16(13)14/h6,8,10,15,17H,3-5,7,9,11-12H2,1-2H3. The molecule has 1 aromatic carbocycles. The summed E-state index contributed by atoms with van der Waals surface area (Å²) in [6.07, 6.45) is 6.02. The summed E-state index contributed by atoms with van der Waals surface area (Å²) in [6, 6.07) is 7.07. The largest absolute Gasteiger partial charge is 0.493 e. The normalized spacial score (nSPS) is 15.9. The van der Waals surface area contributed by atoms with Crippen molar-refractivity contribution < 1.29 is 4.74 Å². The van der Waals surface area contributed by atoms with E-state index in [4.69, 9.17) is 4.74 Å². The lowest BCUT2D eigenvalue weighted by atomic mass is 9.95. The summed E-state index contributed by atoms with van der Waals surface area (Å²) < 4.78 is 5.92. The van der Waals surface area contributed by atoms with Crippen molar-refractivity contribution in [3.05, 3.63) is 29.3 Å². The summed E-state index contributed by atoms with van der Waals surface area (Å²) in [5.74, 6) is 1.16. The molecule has 18 heavy (non-hydrogen) atoms. The molecule has 0 aliphatic carbocycles. The Bertz CT molecular complexity index is 375. The van der Waals surface area contributed by atoms with Crippen LogP contribution in [-0.2, 0) is 6.42 Å². The predicted octanol–water partition coefficient (Wildman–Crippen LogP) is 3.85. The molecule has 0 radical (unpaired) electrons. The van der Waals surface area contributed by atoms with E-state index in [0.29, 0.717) is 6.04 Å². The van der Waals surface area contributed by atoms with E-state index in [9.17, 15) is 0 Å². The maximum Gasteiger partial charge on any atom is 0.127 e. The Morgan fingerprint density at radius 1 is 1.33 bits per heavy atom. The third kappa shape index (κ3) is 3.05. The zero-order valence-corrected chi connectivity index (χ0v) is 11.7. The van der Waals surface area contributed by atoms with Crippen LogP contribution in [0, 0.1) is 0 Å². The van der Waals surface area contributed by atoms with Crippen LogP contribution in [0.3, 0.4) is 0 Å². The van der Waals surface area contributed by atoms with Gasteiger partial charge in [0.15, 0.2) is 0 Å². The lowest BCUT2D eigenvalue weighted by Crippen LogP contribution is -2.23. The minimum absolute atomic E-state index is 0.447. The van der Waals surface area contributed by atoms with Crippen LogP contribution < -0.4 is 10.1 Å². The highest BCUT2D eigenvalue weighted by atomic mass is 16.5. The van der Waals surface area contributed by atoms with Crippen LogP contribution in [0.2, 0.25) is 0 Å². The Balaban J connectivity index is 2.22. The maximum atomic E-state index is 5.92. The molecular formula is C16H25NO. The Labute approximate surface area is 111 Å². The minimum atomic E-state index is 0.447. The average Bonchev–Trinajstić information content (AvgIpc) is 2.43. The minimum Gasteiger partial charge on any atom is -0.493 e. The second kappa shape index (κ2) is 6.79. The molecule has 2 nitrogen and oxygen atoms in total. The predicted molar refractivity (Wildman–Crippen MR) is 76.2 cm³/mol. The Hall–Kier alpha value is -1.02. The molecule has 0 bridgehead atoms. The number of nitrogens with one attached hydrogen (secondary N) is 1. The summed E-state index contributed by atoms with van der Waals surface area (Å²) in [5.41, 5.74) is 2.75. The second-order valence-corrected chi connectivity index (χ2v) is 5.04. The van der Waals surface area contributed by atoms with E-state index in [1.165, 1.54) is 30.4 Å². The van der Waals surface area contributed by atoms with Crippen LogP contribution in [0.4, 0.5) is 0 Å². The fourth-order valence-electron chi connectivity index (χ4n) is 2.71. The first kappa shape index (κ1) is 13.4. The van der Waals surface area contributed by atoms with Gasteiger partial charge in [0.1, 0.15) is 5.75 Å². The summed E-state index contributed by atoms with van der Waals surface area (Å²) in [6.45, 7) is 6.31. The summed E-state index contributed by atoms with van der Waals surface area (Å²) >= 11 is 0. The molecule has 0 fully saturated rings. The van der Waals surface area contributed by atoms with Crippen LogP contribution in [-0.4, -0.2) is 13.2 Å². The van der Waals surface area contributed by atoms with Crippen LogP contribution >= 0.6 is 0 Å². The third-order valence-electron chi connectivity index (χ3n) is 3.64. The number of aryl methyl sites for hydroxylation is 1. The van der Waals surface area contributed by atoms with Crippen LogP contribution in [0.1, 0.15) is 56.7 Å². The van der Waals surface area contributed by atoms with Gasteiger partial charge in [-0.3, -0.25) is 0 Å². The van der Waals surface area contributed by atoms with Crippen LogP contribution in [0.15, 0.2) is 18.2 Å². The zero-order chi connectivity index (χ0) is 12.8. The Kier molecular flexibility index (Phi) is 5.06. The number of rotatable bonds is 6. The van der Waals surface area contributed by atoms with E-state index in [2.05, 4.69) is 37.4 Å². The van der Waals surface area contributed by atoms with Gasteiger partial charge in [0, 0.05) is 11.6 Å². The molecule has 0 amide bonds. The van der Waals surface area contributed by atoms with Crippen LogP contribution in [0.5, 0.6) is 5.75 Å². The molecule has 1 aromatic rings. The van der Waals surface area contributed by atoms with Gasteiger partial charge in [-0.25, -0.2) is 0 Å². The molecule has 0 saturated heterocycles. The lowest BCUT2D eigenvalue weighted by molar-refractivity contribution is 0.280. The first-order chi connectivity index (χ1) is 8.86. The van der Waals surface area contributed by atoms with E-state index in [0.717, 1.165) is 31.7 Å². The van der Waals surface area contributed by atoms with Gasteiger partial charge in [-0.15, -0.1) is 0 Å². The van der Waals surface area contributed by atoms with E-state index < -0.39 is 0 Å². The van der Waals surface area contributed by atoms with E-state index in [-0.39, 0.29) is 0 Å². The van der Waals surface area contributed by atoms with Gasteiger partial charge in [-0.1, -0.05) is 44.9 Å². The molecule has 0 saturated carbocycles. The molecule has 2 rings (SSSR count). The van der Waals surface area contributed by atoms with E-state index in [1.54, 1.807) is 0 Å². The molecule has 1 heterocycles. The Morgan fingerprint density at radius 3 is 3.00 bits per heavy atom. The highest BCUT2D eigenvalue weighted by Gasteiger charge is 2.19. The van der Waals surface area contributed by atoms with Gasteiger partial charge < -0.3 is 10.1 Å². The van der Waals surface area contributed by atoms with Crippen molar-refractivity contribution in [2.45, 2.75) is 52.0 Å². The molecule has 2 heteroatoms. The summed E-state index contributed by atoms with van der Waals surface area (Å²) in [4.78, 5) is 0. The fourth-order valence-corrected chi connectivity index (χ4v) is 2.71. The number of unbranched alkanes of at least 4 members (excludes halogenated alkanes) is 1. The molecule has 1 aliphatic rings. The fraction of sp³-hybridized carbons (Fsp3) is 0.625.